The third-order valence-electron chi connectivity index (χ3n) is 3.24. The summed E-state index contributed by atoms with van der Waals surface area (Å²) in [4.78, 5) is 43.4. The van der Waals surface area contributed by atoms with Crippen molar-refractivity contribution in [2.24, 2.45) is 5.16 Å². The van der Waals surface area contributed by atoms with Crippen LogP contribution in [0.25, 0.3) is 0 Å². The average Bonchev–Trinajstić information content (AvgIpc) is 2.98. The van der Waals surface area contributed by atoms with Crippen LogP contribution in [-0.4, -0.2) is 66.0 Å². The summed E-state index contributed by atoms with van der Waals surface area (Å²) < 4.78 is 3.77. The van der Waals surface area contributed by atoms with Crippen molar-refractivity contribution in [3.8, 4) is 0 Å². The van der Waals surface area contributed by atoms with Gasteiger partial charge in [-0.1, -0.05) is 5.16 Å². The van der Waals surface area contributed by atoms with E-state index in [1.807, 2.05) is 0 Å². The zero-order valence-electron chi connectivity index (χ0n) is 12.1. The predicted octanol–water partition coefficient (Wildman–Crippen LogP) is -1.40. The van der Waals surface area contributed by atoms with Gasteiger partial charge in [0.2, 0.25) is 11.5 Å². The first-order valence-electron chi connectivity index (χ1n) is 6.58. The number of carboxylic acids is 1. The van der Waals surface area contributed by atoms with Crippen LogP contribution in [0.5, 0.6) is 0 Å². The Labute approximate surface area is 147 Å². The highest BCUT2D eigenvalue weighted by molar-refractivity contribution is 8.00. The van der Waals surface area contributed by atoms with E-state index in [1.165, 1.54) is 11.8 Å². The Morgan fingerprint density at radius 2 is 2.28 bits per heavy atom. The average molecular weight is 386 g/mol. The maximum absolute atomic E-state index is 12.2. The molecule has 1 aromatic heterocycles. The molecule has 12 nitrogen and oxygen atoms in total. The number of nitrogen functional groups attached to an aromatic ring is 1. The first-order chi connectivity index (χ1) is 12.0. The van der Waals surface area contributed by atoms with Gasteiger partial charge in [-0.3, -0.25) is 9.59 Å². The molecule has 2 aliphatic rings. The van der Waals surface area contributed by atoms with Crippen LogP contribution in [0.2, 0.25) is 0 Å². The summed E-state index contributed by atoms with van der Waals surface area (Å²) in [5, 5.41) is 24.1. The Hall–Kier alpha value is -2.71. The van der Waals surface area contributed by atoms with Crippen molar-refractivity contribution < 1.29 is 29.5 Å². The van der Waals surface area contributed by atoms with Gasteiger partial charge in [0.15, 0.2) is 17.1 Å². The van der Waals surface area contributed by atoms with E-state index in [-0.39, 0.29) is 28.0 Å². The number of oxime groups is 1. The molecule has 132 valence electrons. The predicted molar refractivity (Wildman–Crippen MR) is 84.5 cm³/mol. The van der Waals surface area contributed by atoms with Crippen LogP contribution in [0.15, 0.2) is 16.4 Å². The summed E-state index contributed by atoms with van der Waals surface area (Å²) in [5.74, 6) is -2.12. The molecule has 0 saturated carbocycles. The number of nitrogens with one attached hydrogen (secondary N) is 1. The number of hydrogen-bond acceptors (Lipinski definition) is 12. The van der Waals surface area contributed by atoms with E-state index in [0.717, 1.165) is 16.6 Å². The number of amides is 1. The van der Waals surface area contributed by atoms with Gasteiger partial charge in [0.1, 0.15) is 11.7 Å². The van der Waals surface area contributed by atoms with E-state index >= 15 is 0 Å². The summed E-state index contributed by atoms with van der Waals surface area (Å²) in [7, 11) is 0. The lowest BCUT2D eigenvalue weighted by Gasteiger charge is -2.49. The van der Waals surface area contributed by atoms with Crippen molar-refractivity contribution in [1.82, 2.24) is 19.7 Å². The number of thioether (sulfide) groups is 1. The van der Waals surface area contributed by atoms with E-state index < -0.39 is 29.2 Å². The van der Waals surface area contributed by atoms with E-state index in [9.17, 15) is 19.5 Å². The molecule has 3 heterocycles. The third-order valence-corrected chi connectivity index (χ3v) is 5.04. The second-order valence-corrected chi connectivity index (χ2v) is 6.62. The molecule has 0 spiro atoms. The smallest absolute Gasteiger partial charge is 0.355 e. The number of rotatable bonds is 5. The fourth-order valence-corrected chi connectivity index (χ4v) is 3.73. The summed E-state index contributed by atoms with van der Waals surface area (Å²) >= 11 is 2.04. The zero-order valence-corrected chi connectivity index (χ0v) is 13.8. The van der Waals surface area contributed by atoms with Crippen LogP contribution in [0.3, 0.4) is 0 Å². The van der Waals surface area contributed by atoms with Crippen molar-refractivity contribution in [1.29, 1.82) is 0 Å². The number of aldehydes is 1. The minimum Gasteiger partial charge on any atom is -0.476 e. The molecule has 1 saturated heterocycles. The molecule has 2 unspecified atom stereocenters. The molecule has 1 amide bonds. The van der Waals surface area contributed by atoms with Crippen molar-refractivity contribution in [2.75, 3.05) is 11.5 Å². The van der Waals surface area contributed by atoms with Crippen molar-refractivity contribution >= 4 is 52.3 Å². The number of hydroxylamine groups is 2. The molecule has 25 heavy (non-hydrogen) atoms. The number of nitrogens with two attached hydrogens (primary N) is 1. The molecular formula is C11H10N6O6S2. The first-order valence-corrected chi connectivity index (χ1v) is 8.40. The van der Waals surface area contributed by atoms with Gasteiger partial charge in [-0.25, -0.2) is 14.7 Å². The lowest BCUT2D eigenvalue weighted by atomic mass is 10.2. The SMILES string of the molecule is Nc1nc(C(=NO)C(=O)NC2ON3C(C(=O)O)=C(C=O)CSC23)ns1. The number of anilines is 1. The fourth-order valence-electron chi connectivity index (χ4n) is 2.16. The van der Waals surface area contributed by atoms with Crippen molar-refractivity contribution in [3.63, 3.8) is 0 Å². The lowest BCUT2D eigenvalue weighted by Crippen LogP contribution is -2.65. The molecule has 0 aliphatic carbocycles. The number of aliphatic carboxylic acids is 1. The molecular weight excluding hydrogens is 376 g/mol. The van der Waals surface area contributed by atoms with Gasteiger partial charge in [-0.15, -0.1) is 11.8 Å². The van der Waals surface area contributed by atoms with Crippen LogP contribution < -0.4 is 11.1 Å². The highest BCUT2D eigenvalue weighted by atomic mass is 32.2. The Kier molecular flexibility index (Phi) is 4.56. The fraction of sp³-hybridized carbons (Fsp3) is 0.273. The zero-order chi connectivity index (χ0) is 18.1. The second kappa shape index (κ2) is 6.66. The van der Waals surface area contributed by atoms with Gasteiger partial charge in [0.05, 0.1) is 0 Å². The number of aromatic nitrogens is 2. The standard InChI is InChI=1S/C11H10N6O6S2/c12-11-13-6(16-25-11)4(15-22)7(19)14-8-9-17(23-8)5(10(20)21)3(1-18)2-24-9/h1,8-9,22H,2H2,(H,14,19)(H,20,21)(H2,12,13,16). The van der Waals surface area contributed by atoms with Crippen molar-refractivity contribution in [2.45, 2.75) is 11.6 Å². The maximum Gasteiger partial charge on any atom is 0.355 e. The van der Waals surface area contributed by atoms with E-state index in [0.29, 0.717) is 6.29 Å². The van der Waals surface area contributed by atoms with Crippen LogP contribution in [0.1, 0.15) is 5.82 Å². The Balaban J connectivity index is 1.70. The first kappa shape index (κ1) is 17.1. The van der Waals surface area contributed by atoms with Crippen LogP contribution >= 0.6 is 23.3 Å². The van der Waals surface area contributed by atoms with Gasteiger partial charge >= 0.3 is 5.97 Å². The monoisotopic (exact) mass is 386 g/mol. The number of fused-ring (bicyclic) bond motifs is 1. The van der Waals surface area contributed by atoms with Gasteiger partial charge in [0, 0.05) is 22.9 Å². The molecule has 2 aliphatic heterocycles. The minimum absolute atomic E-state index is 0.0817. The summed E-state index contributed by atoms with van der Waals surface area (Å²) in [6, 6.07) is 0. The quantitative estimate of drug-likeness (QED) is 0.202. The molecule has 2 atom stereocenters. The number of hydrogen-bond donors (Lipinski definition) is 4. The maximum atomic E-state index is 12.2. The highest BCUT2D eigenvalue weighted by Crippen LogP contribution is 2.39. The van der Waals surface area contributed by atoms with Gasteiger partial charge < -0.3 is 21.4 Å². The molecule has 1 fully saturated rings. The number of carboxylic acid groups (broad SMARTS) is 1. The lowest BCUT2D eigenvalue weighted by molar-refractivity contribution is -0.296. The normalized spacial score (nSPS) is 22.9. The molecule has 0 bridgehead atoms. The van der Waals surface area contributed by atoms with Crippen LogP contribution in [0, 0.1) is 0 Å². The van der Waals surface area contributed by atoms with Gasteiger partial charge in [-0.2, -0.15) is 9.36 Å². The van der Waals surface area contributed by atoms with E-state index in [2.05, 4.69) is 19.8 Å². The summed E-state index contributed by atoms with van der Waals surface area (Å²) in [6.07, 6.45) is -0.427. The minimum atomic E-state index is -1.31. The molecule has 5 N–H and O–H groups in total. The van der Waals surface area contributed by atoms with Crippen molar-refractivity contribution in [3.05, 3.63) is 17.1 Å². The largest absolute Gasteiger partial charge is 0.476 e. The molecule has 14 heteroatoms. The van der Waals surface area contributed by atoms with Gasteiger partial charge in [0.25, 0.3) is 5.91 Å². The van der Waals surface area contributed by atoms with Crippen LogP contribution in [0.4, 0.5) is 5.13 Å². The van der Waals surface area contributed by atoms with Gasteiger partial charge in [-0.05, 0) is 0 Å². The molecule has 3 rings (SSSR count). The number of carbonyl (C=O) groups excluding carboxylic acids is 2. The summed E-state index contributed by atoms with van der Waals surface area (Å²) in [6.45, 7) is 0. The molecule has 1 aromatic rings. The number of nitrogens with zero attached hydrogens (tertiary/aromatic N) is 4. The topological polar surface area (TPSA) is 180 Å². The second-order valence-electron chi connectivity index (χ2n) is 4.73. The van der Waals surface area contributed by atoms with Crippen LogP contribution in [-0.2, 0) is 19.2 Å². The van der Waals surface area contributed by atoms with E-state index in [1.54, 1.807) is 0 Å². The highest BCUT2D eigenvalue weighted by Gasteiger charge is 2.49. The third kappa shape index (κ3) is 3.01. The van der Waals surface area contributed by atoms with E-state index in [4.69, 9.17) is 15.8 Å². The molecule has 0 radical (unpaired) electrons. The molecule has 0 aromatic carbocycles. The Bertz CT molecular complexity index is 807. The Morgan fingerprint density at radius 3 is 2.84 bits per heavy atom. The number of carbonyl (C=O) groups is 3. The summed E-state index contributed by atoms with van der Waals surface area (Å²) in [5.41, 5.74) is 4.77. The Morgan fingerprint density at radius 1 is 1.52 bits per heavy atom.